The lowest BCUT2D eigenvalue weighted by Gasteiger charge is -2.34. The van der Waals surface area contributed by atoms with E-state index in [-0.39, 0.29) is 44.4 Å². The van der Waals surface area contributed by atoms with Gasteiger partial charge in [-0.2, -0.15) is 0 Å². The maximum absolute atomic E-state index is 14.2. The van der Waals surface area contributed by atoms with E-state index in [1.54, 1.807) is 55.6 Å². The minimum Gasteiger partial charge on any atom is -0.457 e. The second-order valence-corrected chi connectivity index (χ2v) is 15.1. The maximum atomic E-state index is 14.2. The van der Waals surface area contributed by atoms with Crippen LogP contribution in [0.5, 0.6) is 0 Å². The van der Waals surface area contributed by atoms with Crippen molar-refractivity contribution < 1.29 is 42.9 Å². The number of benzene rings is 4. The van der Waals surface area contributed by atoms with Gasteiger partial charge in [-0.05, 0) is 60.9 Å². The molecule has 328 valence electrons. The summed E-state index contributed by atoms with van der Waals surface area (Å²) in [6.07, 6.45) is -0.130. The van der Waals surface area contributed by atoms with Crippen LogP contribution in [0.1, 0.15) is 52.7 Å². The zero-order chi connectivity index (χ0) is 42.1. The molecule has 14 nitrogen and oxygen atoms in total. The third kappa shape index (κ3) is 11.7. The van der Waals surface area contributed by atoms with Crippen molar-refractivity contribution in [1.82, 2.24) is 25.0 Å². The minimum absolute atomic E-state index is 0. The molecule has 16 heteroatoms. The molecule has 2 amide bonds. The van der Waals surface area contributed by atoms with Gasteiger partial charge in [0.15, 0.2) is 6.61 Å². The normalized spacial score (nSPS) is 14.4. The average Bonchev–Trinajstić information content (AvgIpc) is 3.85. The number of para-hydroxylation sites is 2. The van der Waals surface area contributed by atoms with E-state index in [0.717, 1.165) is 49.2 Å². The van der Waals surface area contributed by atoms with Crippen LogP contribution in [0.4, 0.5) is 9.59 Å². The number of ether oxygens (including phenoxy) is 3. The smallest absolute Gasteiger partial charge is 0.421 e. The van der Waals surface area contributed by atoms with Gasteiger partial charge in [-0.15, -0.1) is 24.8 Å². The van der Waals surface area contributed by atoms with Gasteiger partial charge < -0.3 is 34.4 Å². The van der Waals surface area contributed by atoms with Gasteiger partial charge in [0.1, 0.15) is 16.9 Å². The zero-order valence-electron chi connectivity index (χ0n) is 34.5. The van der Waals surface area contributed by atoms with Gasteiger partial charge in [0.2, 0.25) is 12.7 Å². The number of aromatic nitrogens is 1. The Balaban J connectivity index is 0.00000363. The number of piperazine rings is 1. The molecule has 7 rings (SSSR count). The highest BCUT2D eigenvalue weighted by molar-refractivity contribution is 5.95. The van der Waals surface area contributed by atoms with E-state index in [9.17, 15) is 24.3 Å². The van der Waals surface area contributed by atoms with Crippen LogP contribution in [0.15, 0.2) is 120 Å². The SMILES string of the molecule is CC(NC(=O)C(C)(Cc1cn(C(=O)OCOC(=O)c2ccc(CN3CCN(CCO)CC3)cc2)c2ccccc12)NC(=O)OCc1cc2ccccc2o1)c1ccccc1.Cl.Cl. The van der Waals surface area contributed by atoms with E-state index in [1.807, 2.05) is 73.7 Å². The molecule has 1 saturated heterocycles. The van der Waals surface area contributed by atoms with Crippen molar-refractivity contribution in [2.45, 2.75) is 45.0 Å². The number of alkyl carbamates (subject to hydrolysis) is 1. The number of carbonyl (C=O) groups is 4. The van der Waals surface area contributed by atoms with Crippen molar-refractivity contribution in [3.63, 3.8) is 0 Å². The van der Waals surface area contributed by atoms with Crippen LogP contribution in [0.3, 0.4) is 0 Å². The molecule has 3 heterocycles. The molecule has 0 bridgehead atoms. The molecule has 1 aliphatic heterocycles. The summed E-state index contributed by atoms with van der Waals surface area (Å²) in [5, 5.41) is 16.5. The number of hydrogen-bond donors (Lipinski definition) is 3. The van der Waals surface area contributed by atoms with E-state index in [1.165, 1.54) is 4.57 Å². The number of rotatable bonds is 15. The molecule has 2 aromatic heterocycles. The summed E-state index contributed by atoms with van der Waals surface area (Å²) in [6, 6.07) is 32.5. The zero-order valence-corrected chi connectivity index (χ0v) is 36.1. The number of aliphatic hydroxyl groups excluding tert-OH is 1. The standard InChI is InChI=1S/C46H49N5O9.2ClH/c1-32(34-10-4-3-5-11-34)47-43(54)46(2,48-44(55)57-30-38-26-36-12-6-9-15-41(36)60-38)27-37-29-51(40-14-8-7-13-39(37)40)45(56)59-31-58-42(53)35-18-16-33(17-19-35)28-50-22-20-49(21-23-50)24-25-52;;/h3-19,26,29,32,52H,20-25,27-28,30-31H2,1-2H3,(H,47,54)(H,48,55);2*1H. The predicted molar refractivity (Wildman–Crippen MR) is 238 cm³/mol. The fourth-order valence-corrected chi connectivity index (χ4v) is 7.39. The topological polar surface area (TPSA) is 165 Å². The molecule has 6 aromatic rings. The summed E-state index contributed by atoms with van der Waals surface area (Å²) in [5.41, 5.74) is 2.39. The Hall–Kier alpha value is -5.90. The summed E-state index contributed by atoms with van der Waals surface area (Å²) in [6.45, 7) is 7.82. The Morgan fingerprint density at radius 1 is 0.823 bits per heavy atom. The Bertz CT molecular complexity index is 2400. The van der Waals surface area contributed by atoms with Gasteiger partial charge in [-0.1, -0.05) is 78.9 Å². The number of carbonyl (C=O) groups excluding carboxylic acids is 4. The average molecular weight is 889 g/mol. The molecular weight excluding hydrogens is 837 g/mol. The first-order valence-corrected chi connectivity index (χ1v) is 19.9. The fourth-order valence-electron chi connectivity index (χ4n) is 7.39. The largest absolute Gasteiger partial charge is 0.457 e. The molecule has 2 atom stereocenters. The van der Waals surface area contributed by atoms with Crippen molar-refractivity contribution in [2.24, 2.45) is 0 Å². The van der Waals surface area contributed by atoms with E-state index < -0.39 is 42.4 Å². The number of β-amino-alcohol motifs (C(OH)–C–C–N with tert-alkyl or cyclic N) is 1. The van der Waals surface area contributed by atoms with E-state index in [2.05, 4.69) is 20.4 Å². The maximum Gasteiger partial charge on any atom is 0.421 e. The summed E-state index contributed by atoms with van der Waals surface area (Å²) >= 11 is 0. The number of halogens is 2. The number of esters is 1. The first-order valence-electron chi connectivity index (χ1n) is 19.9. The number of aliphatic hydroxyl groups is 1. The number of nitrogens with zero attached hydrogens (tertiary/aromatic N) is 3. The highest BCUT2D eigenvalue weighted by Gasteiger charge is 2.38. The van der Waals surface area contributed by atoms with Crippen LogP contribution in [0, 0.1) is 0 Å². The molecule has 1 aliphatic rings. The first kappa shape index (κ1) is 47.2. The minimum atomic E-state index is -1.56. The van der Waals surface area contributed by atoms with Crippen LogP contribution >= 0.6 is 24.8 Å². The van der Waals surface area contributed by atoms with Crippen LogP contribution in [-0.2, 0) is 38.6 Å². The monoisotopic (exact) mass is 887 g/mol. The molecule has 3 N–H and O–H groups in total. The van der Waals surface area contributed by atoms with Crippen LogP contribution < -0.4 is 10.6 Å². The van der Waals surface area contributed by atoms with Gasteiger partial charge in [-0.3, -0.25) is 19.2 Å². The van der Waals surface area contributed by atoms with Crippen LogP contribution in [0.25, 0.3) is 21.9 Å². The molecule has 62 heavy (non-hydrogen) atoms. The summed E-state index contributed by atoms with van der Waals surface area (Å²) in [4.78, 5) is 58.5. The third-order valence-electron chi connectivity index (χ3n) is 10.7. The van der Waals surface area contributed by atoms with E-state index in [0.29, 0.717) is 39.9 Å². The molecular formula is C46H51Cl2N5O9. The number of fused-ring (bicyclic) bond motifs is 2. The van der Waals surface area contributed by atoms with Gasteiger partial charge in [0.25, 0.3) is 0 Å². The first-order chi connectivity index (χ1) is 29.1. The van der Waals surface area contributed by atoms with Crippen LogP contribution in [-0.4, -0.2) is 95.2 Å². The number of furan rings is 1. The summed E-state index contributed by atoms with van der Waals surface area (Å²) in [7, 11) is 0. The number of amides is 2. The summed E-state index contributed by atoms with van der Waals surface area (Å²) in [5.74, 6) is -0.678. The van der Waals surface area contributed by atoms with Gasteiger partial charge in [0, 0.05) is 62.7 Å². The van der Waals surface area contributed by atoms with Crippen molar-refractivity contribution >= 4 is 70.7 Å². The van der Waals surface area contributed by atoms with Crippen LogP contribution in [0.2, 0.25) is 0 Å². The van der Waals surface area contributed by atoms with Gasteiger partial charge in [0.05, 0.1) is 23.7 Å². The highest BCUT2D eigenvalue weighted by Crippen LogP contribution is 2.27. The molecule has 4 aromatic carbocycles. The highest BCUT2D eigenvalue weighted by atomic mass is 35.5. The van der Waals surface area contributed by atoms with Gasteiger partial charge >= 0.3 is 18.2 Å². The molecule has 0 radical (unpaired) electrons. The molecule has 0 aliphatic carbocycles. The lowest BCUT2D eigenvalue weighted by Crippen LogP contribution is -2.58. The Morgan fingerprint density at radius 3 is 2.23 bits per heavy atom. The third-order valence-corrected chi connectivity index (χ3v) is 10.7. The number of hydrogen-bond acceptors (Lipinski definition) is 11. The van der Waals surface area contributed by atoms with Gasteiger partial charge in [-0.25, -0.2) is 14.4 Å². The Morgan fingerprint density at radius 2 is 1.50 bits per heavy atom. The fraction of sp³-hybridized carbons (Fsp3) is 0.304. The van der Waals surface area contributed by atoms with Crippen molar-refractivity contribution in [2.75, 3.05) is 46.1 Å². The molecule has 1 fully saturated rings. The summed E-state index contributed by atoms with van der Waals surface area (Å²) < 4.78 is 23.3. The number of nitrogens with one attached hydrogen (secondary N) is 2. The van der Waals surface area contributed by atoms with Crippen molar-refractivity contribution in [3.8, 4) is 0 Å². The van der Waals surface area contributed by atoms with Crippen molar-refractivity contribution in [1.29, 1.82) is 0 Å². The quantitative estimate of drug-likeness (QED) is 0.0703. The Kier molecular flexibility index (Phi) is 16.5. The second-order valence-electron chi connectivity index (χ2n) is 15.1. The lowest BCUT2D eigenvalue weighted by atomic mass is 9.91. The Labute approximate surface area is 371 Å². The molecule has 0 saturated carbocycles. The van der Waals surface area contributed by atoms with Crippen molar-refractivity contribution in [3.05, 3.63) is 143 Å². The van der Waals surface area contributed by atoms with E-state index >= 15 is 0 Å². The predicted octanol–water partition coefficient (Wildman–Crippen LogP) is 7.25. The molecule has 2 unspecified atom stereocenters. The second kappa shape index (κ2) is 21.8. The van der Waals surface area contributed by atoms with E-state index in [4.69, 9.17) is 18.6 Å². The lowest BCUT2D eigenvalue weighted by molar-refractivity contribution is -0.127. The molecule has 0 spiro atoms.